The van der Waals surface area contributed by atoms with Gasteiger partial charge in [-0.3, -0.25) is 4.79 Å². The molecule has 102 valence electrons. The number of rotatable bonds is 1. The van der Waals surface area contributed by atoms with E-state index in [4.69, 9.17) is 4.74 Å². The third-order valence-corrected chi connectivity index (χ3v) is 5.95. The zero-order chi connectivity index (χ0) is 13.0. The fraction of sp³-hybridized carbons (Fsp3) is 0.667. The molecule has 2 fully saturated rings. The highest BCUT2D eigenvalue weighted by atomic mass is 32.1. The number of fused-ring (bicyclic) bond motifs is 3. The molecular formula is C15H19NO2S. The summed E-state index contributed by atoms with van der Waals surface area (Å²) in [6.07, 6.45) is 4.71. The van der Waals surface area contributed by atoms with Crippen molar-refractivity contribution in [2.75, 3.05) is 13.2 Å². The standard InChI is InChI=1S/C15H19NO2S/c1-9-2-3-13-10(4-9)5-14(19-13)15(17)16-11-6-12(16)8-18-7-11/h5,9,11-12H,2-4,6-8H2,1H3. The molecule has 0 saturated carbocycles. The van der Waals surface area contributed by atoms with Crippen molar-refractivity contribution in [1.82, 2.24) is 4.90 Å². The van der Waals surface area contributed by atoms with Crippen LogP contribution in [0.4, 0.5) is 0 Å². The van der Waals surface area contributed by atoms with Gasteiger partial charge in [-0.05, 0) is 43.2 Å². The van der Waals surface area contributed by atoms with Crippen molar-refractivity contribution in [1.29, 1.82) is 0 Å². The molecule has 2 saturated heterocycles. The third-order valence-electron chi connectivity index (χ3n) is 4.73. The number of amides is 1. The number of thiophene rings is 1. The highest BCUT2D eigenvalue weighted by molar-refractivity contribution is 7.14. The van der Waals surface area contributed by atoms with Crippen LogP contribution in [0, 0.1) is 5.92 Å². The largest absolute Gasteiger partial charge is 0.377 e. The number of morpholine rings is 1. The lowest BCUT2D eigenvalue weighted by molar-refractivity contribution is -0.104. The first kappa shape index (κ1) is 11.9. The number of hydrogen-bond donors (Lipinski definition) is 0. The zero-order valence-corrected chi connectivity index (χ0v) is 12.0. The molecule has 1 aromatic heterocycles. The minimum atomic E-state index is 0.247. The molecule has 4 heteroatoms. The molecule has 3 unspecified atom stereocenters. The molecule has 3 heterocycles. The normalized spacial score (nSPS) is 32.7. The molecule has 1 aliphatic carbocycles. The molecule has 4 rings (SSSR count). The third kappa shape index (κ3) is 1.84. The summed E-state index contributed by atoms with van der Waals surface area (Å²) in [4.78, 5) is 17.1. The lowest BCUT2D eigenvalue weighted by Crippen LogP contribution is -2.65. The monoisotopic (exact) mass is 277 g/mol. The number of hydrogen-bond acceptors (Lipinski definition) is 3. The first-order chi connectivity index (χ1) is 9.22. The smallest absolute Gasteiger partial charge is 0.264 e. The van der Waals surface area contributed by atoms with Crippen LogP contribution < -0.4 is 0 Å². The van der Waals surface area contributed by atoms with Crippen LogP contribution in [0.15, 0.2) is 6.07 Å². The second-order valence-corrected chi connectivity index (χ2v) is 7.34. The van der Waals surface area contributed by atoms with E-state index in [2.05, 4.69) is 17.9 Å². The van der Waals surface area contributed by atoms with Crippen molar-refractivity contribution in [3.05, 3.63) is 21.4 Å². The van der Waals surface area contributed by atoms with Crippen LogP contribution in [0.1, 0.15) is 39.9 Å². The van der Waals surface area contributed by atoms with Crippen molar-refractivity contribution >= 4 is 17.2 Å². The molecule has 0 radical (unpaired) electrons. The Morgan fingerprint density at radius 2 is 2.21 bits per heavy atom. The number of ether oxygens (including phenoxy) is 1. The predicted molar refractivity (Wildman–Crippen MR) is 74.7 cm³/mol. The van der Waals surface area contributed by atoms with E-state index in [-0.39, 0.29) is 5.91 Å². The van der Waals surface area contributed by atoms with E-state index in [0.29, 0.717) is 12.1 Å². The van der Waals surface area contributed by atoms with Gasteiger partial charge in [0, 0.05) is 4.88 Å². The van der Waals surface area contributed by atoms with Gasteiger partial charge < -0.3 is 9.64 Å². The van der Waals surface area contributed by atoms with Crippen LogP contribution in [-0.4, -0.2) is 36.1 Å². The van der Waals surface area contributed by atoms with Crippen LogP contribution in [0.25, 0.3) is 0 Å². The van der Waals surface area contributed by atoms with Crippen molar-refractivity contribution in [3.63, 3.8) is 0 Å². The highest BCUT2D eigenvalue weighted by Gasteiger charge is 2.45. The Labute approximate surface area is 117 Å². The number of nitrogens with zero attached hydrogens (tertiary/aromatic N) is 1. The Balaban J connectivity index is 1.58. The molecule has 2 bridgehead atoms. The van der Waals surface area contributed by atoms with Crippen molar-refractivity contribution in [2.24, 2.45) is 5.92 Å². The Kier molecular flexibility index (Phi) is 2.71. The topological polar surface area (TPSA) is 29.5 Å². The molecule has 3 nitrogen and oxygen atoms in total. The maximum absolute atomic E-state index is 12.6. The number of aryl methyl sites for hydroxylation is 1. The highest BCUT2D eigenvalue weighted by Crippen LogP contribution is 2.36. The average Bonchev–Trinajstić information content (AvgIpc) is 2.82. The summed E-state index contributed by atoms with van der Waals surface area (Å²) >= 11 is 1.73. The molecule has 3 aliphatic rings. The first-order valence-electron chi connectivity index (χ1n) is 7.24. The lowest BCUT2D eigenvalue weighted by atomic mass is 9.89. The summed E-state index contributed by atoms with van der Waals surface area (Å²) in [5.41, 5.74) is 1.43. The maximum atomic E-state index is 12.6. The molecule has 0 spiro atoms. The maximum Gasteiger partial charge on any atom is 0.264 e. The zero-order valence-electron chi connectivity index (χ0n) is 11.2. The molecule has 0 aromatic carbocycles. The first-order valence-corrected chi connectivity index (χ1v) is 8.06. The number of carbonyl (C=O) groups is 1. The molecule has 1 aromatic rings. The lowest BCUT2D eigenvalue weighted by Gasteiger charge is -2.52. The Bertz CT molecular complexity index is 510. The predicted octanol–water partition coefficient (Wildman–Crippen LogP) is 2.49. The molecular weight excluding hydrogens is 258 g/mol. The van der Waals surface area contributed by atoms with Crippen LogP contribution >= 0.6 is 11.3 Å². The minimum Gasteiger partial charge on any atom is -0.377 e. The molecule has 2 aliphatic heterocycles. The summed E-state index contributed by atoms with van der Waals surface area (Å²) in [6, 6.07) is 2.83. The van der Waals surface area contributed by atoms with Gasteiger partial charge in [-0.15, -0.1) is 11.3 Å². The molecule has 0 N–H and O–H groups in total. The van der Waals surface area contributed by atoms with Crippen LogP contribution in [-0.2, 0) is 17.6 Å². The second kappa shape index (κ2) is 4.32. The van der Waals surface area contributed by atoms with Crippen LogP contribution in [0.2, 0.25) is 0 Å². The fourth-order valence-corrected chi connectivity index (χ4v) is 4.76. The van der Waals surface area contributed by atoms with Crippen molar-refractivity contribution < 1.29 is 9.53 Å². The summed E-state index contributed by atoms with van der Waals surface area (Å²) in [5, 5.41) is 0. The molecule has 1 amide bonds. The van der Waals surface area contributed by atoms with Crippen molar-refractivity contribution in [2.45, 2.75) is 44.7 Å². The van der Waals surface area contributed by atoms with Gasteiger partial charge in [0.25, 0.3) is 5.91 Å². The Hall–Kier alpha value is -0.870. The van der Waals surface area contributed by atoms with E-state index in [0.717, 1.165) is 43.3 Å². The van der Waals surface area contributed by atoms with E-state index < -0.39 is 0 Å². The van der Waals surface area contributed by atoms with Crippen LogP contribution in [0.3, 0.4) is 0 Å². The SMILES string of the molecule is CC1CCc2sc(C(=O)N3C4COCC3C4)cc2C1. The number of carbonyl (C=O) groups excluding carboxylic acids is 1. The van der Waals surface area contributed by atoms with Crippen LogP contribution in [0.5, 0.6) is 0 Å². The van der Waals surface area contributed by atoms with Crippen molar-refractivity contribution in [3.8, 4) is 0 Å². The van der Waals surface area contributed by atoms with Gasteiger partial charge in [-0.1, -0.05) is 6.92 Å². The van der Waals surface area contributed by atoms with Gasteiger partial charge in [-0.2, -0.15) is 0 Å². The van der Waals surface area contributed by atoms with E-state index in [1.165, 1.54) is 16.9 Å². The van der Waals surface area contributed by atoms with Gasteiger partial charge in [0.2, 0.25) is 0 Å². The summed E-state index contributed by atoms with van der Waals surface area (Å²) in [6.45, 7) is 3.76. The van der Waals surface area contributed by atoms with E-state index in [1.54, 1.807) is 11.3 Å². The van der Waals surface area contributed by atoms with E-state index in [1.807, 2.05) is 0 Å². The summed E-state index contributed by atoms with van der Waals surface area (Å²) < 4.78 is 5.45. The second-order valence-electron chi connectivity index (χ2n) is 6.20. The Morgan fingerprint density at radius 1 is 1.42 bits per heavy atom. The summed E-state index contributed by atoms with van der Waals surface area (Å²) in [5.74, 6) is 1.01. The molecule has 19 heavy (non-hydrogen) atoms. The quantitative estimate of drug-likeness (QED) is 0.789. The molecule has 3 atom stereocenters. The van der Waals surface area contributed by atoms with E-state index >= 15 is 0 Å². The van der Waals surface area contributed by atoms with Gasteiger partial charge in [0.05, 0.1) is 30.2 Å². The minimum absolute atomic E-state index is 0.247. The van der Waals surface area contributed by atoms with Gasteiger partial charge in [0.1, 0.15) is 0 Å². The van der Waals surface area contributed by atoms with Gasteiger partial charge >= 0.3 is 0 Å². The summed E-state index contributed by atoms with van der Waals surface area (Å²) in [7, 11) is 0. The van der Waals surface area contributed by atoms with Gasteiger partial charge in [-0.25, -0.2) is 0 Å². The fourth-order valence-electron chi connectivity index (χ4n) is 3.61. The van der Waals surface area contributed by atoms with E-state index in [9.17, 15) is 4.79 Å². The van der Waals surface area contributed by atoms with Gasteiger partial charge in [0.15, 0.2) is 0 Å². The average molecular weight is 277 g/mol. The Morgan fingerprint density at radius 3 is 2.95 bits per heavy atom.